The van der Waals surface area contributed by atoms with Crippen molar-refractivity contribution in [1.82, 2.24) is 19.5 Å². The number of benzene rings is 1. The van der Waals surface area contributed by atoms with Crippen LogP contribution in [0.2, 0.25) is 0 Å². The SMILES string of the molecule is Cc1nccn1-c1ncc(NC(=O)c2ccccc2[N+](=O)[O-])cn1. The average Bonchev–Trinajstić information content (AvgIpc) is 3.01. The van der Waals surface area contributed by atoms with Gasteiger partial charge in [0.1, 0.15) is 11.4 Å². The van der Waals surface area contributed by atoms with E-state index < -0.39 is 10.8 Å². The lowest BCUT2D eigenvalue weighted by Crippen LogP contribution is -2.14. The fourth-order valence-electron chi connectivity index (χ4n) is 2.12. The Labute approximate surface area is 136 Å². The third kappa shape index (κ3) is 2.95. The zero-order valence-electron chi connectivity index (χ0n) is 12.6. The van der Waals surface area contributed by atoms with E-state index in [0.717, 1.165) is 5.82 Å². The summed E-state index contributed by atoms with van der Waals surface area (Å²) in [6.07, 6.45) is 6.20. The Hall–Kier alpha value is -3.62. The molecule has 1 amide bonds. The standard InChI is InChI=1S/C15H12N6O3/c1-10-16-6-7-20(10)15-17-8-11(9-18-15)19-14(22)12-4-2-3-5-13(12)21(23)24/h2-9H,1H3,(H,19,22). The van der Waals surface area contributed by atoms with Crippen LogP contribution >= 0.6 is 0 Å². The molecule has 24 heavy (non-hydrogen) atoms. The number of nitro benzene ring substituents is 1. The second-order valence-electron chi connectivity index (χ2n) is 4.84. The molecule has 0 aliphatic heterocycles. The summed E-state index contributed by atoms with van der Waals surface area (Å²) in [5, 5.41) is 13.5. The van der Waals surface area contributed by atoms with Gasteiger partial charge in [-0.25, -0.2) is 15.0 Å². The number of nitrogens with one attached hydrogen (secondary N) is 1. The number of anilines is 1. The van der Waals surface area contributed by atoms with E-state index in [2.05, 4.69) is 20.3 Å². The van der Waals surface area contributed by atoms with Crippen molar-refractivity contribution in [2.45, 2.75) is 6.92 Å². The van der Waals surface area contributed by atoms with Gasteiger partial charge in [-0.05, 0) is 13.0 Å². The van der Waals surface area contributed by atoms with Crippen molar-refractivity contribution in [3.63, 3.8) is 0 Å². The molecule has 0 saturated heterocycles. The van der Waals surface area contributed by atoms with E-state index in [1.165, 1.54) is 30.6 Å². The Morgan fingerprint density at radius 2 is 1.92 bits per heavy atom. The minimum Gasteiger partial charge on any atom is -0.319 e. The van der Waals surface area contributed by atoms with Crippen LogP contribution in [-0.2, 0) is 0 Å². The first-order chi connectivity index (χ1) is 11.6. The smallest absolute Gasteiger partial charge is 0.282 e. The highest BCUT2D eigenvalue weighted by Crippen LogP contribution is 2.19. The van der Waals surface area contributed by atoms with Crippen molar-refractivity contribution in [2.75, 3.05) is 5.32 Å². The quantitative estimate of drug-likeness (QED) is 0.580. The molecule has 2 aromatic heterocycles. The second-order valence-corrected chi connectivity index (χ2v) is 4.84. The van der Waals surface area contributed by atoms with Crippen LogP contribution in [0.1, 0.15) is 16.2 Å². The Balaban J connectivity index is 1.81. The summed E-state index contributed by atoms with van der Waals surface area (Å²) < 4.78 is 1.69. The molecule has 0 bridgehead atoms. The van der Waals surface area contributed by atoms with E-state index in [0.29, 0.717) is 11.6 Å². The Bertz CT molecular complexity index is 904. The molecule has 3 aromatic rings. The topological polar surface area (TPSA) is 116 Å². The molecule has 2 heterocycles. The average molecular weight is 324 g/mol. The number of hydrogen-bond acceptors (Lipinski definition) is 6. The number of nitrogens with zero attached hydrogens (tertiary/aromatic N) is 5. The van der Waals surface area contributed by atoms with Crippen LogP contribution in [0.15, 0.2) is 49.1 Å². The summed E-state index contributed by atoms with van der Waals surface area (Å²) in [7, 11) is 0. The van der Waals surface area contributed by atoms with Gasteiger partial charge in [-0.3, -0.25) is 19.5 Å². The minimum atomic E-state index is -0.601. The Morgan fingerprint density at radius 3 is 2.54 bits per heavy atom. The first-order valence-electron chi connectivity index (χ1n) is 6.93. The van der Waals surface area contributed by atoms with Crippen molar-refractivity contribution in [2.24, 2.45) is 0 Å². The number of imidazole rings is 1. The highest BCUT2D eigenvalue weighted by atomic mass is 16.6. The maximum absolute atomic E-state index is 12.2. The number of amides is 1. The molecule has 0 unspecified atom stereocenters. The lowest BCUT2D eigenvalue weighted by molar-refractivity contribution is -0.385. The predicted molar refractivity (Wildman–Crippen MR) is 84.9 cm³/mol. The summed E-state index contributed by atoms with van der Waals surface area (Å²) in [4.78, 5) is 35.0. The summed E-state index contributed by atoms with van der Waals surface area (Å²) >= 11 is 0. The minimum absolute atomic E-state index is 0.0305. The molecule has 120 valence electrons. The molecule has 0 atom stereocenters. The number of hydrogen-bond donors (Lipinski definition) is 1. The van der Waals surface area contributed by atoms with Gasteiger partial charge < -0.3 is 5.32 Å². The van der Waals surface area contributed by atoms with E-state index in [-0.39, 0.29) is 11.3 Å². The molecule has 9 nitrogen and oxygen atoms in total. The lowest BCUT2D eigenvalue weighted by atomic mass is 10.1. The first-order valence-corrected chi connectivity index (χ1v) is 6.93. The van der Waals surface area contributed by atoms with Gasteiger partial charge in [0.05, 0.1) is 23.0 Å². The van der Waals surface area contributed by atoms with Gasteiger partial charge in [-0.1, -0.05) is 12.1 Å². The maximum Gasteiger partial charge on any atom is 0.282 e. The number of carbonyl (C=O) groups excluding carboxylic acids is 1. The molecular weight excluding hydrogens is 312 g/mol. The van der Waals surface area contributed by atoms with E-state index >= 15 is 0 Å². The highest BCUT2D eigenvalue weighted by molar-refractivity contribution is 6.06. The Kier molecular flexibility index (Phi) is 3.98. The van der Waals surface area contributed by atoms with Crippen LogP contribution in [0.25, 0.3) is 5.95 Å². The highest BCUT2D eigenvalue weighted by Gasteiger charge is 2.19. The zero-order valence-corrected chi connectivity index (χ0v) is 12.6. The monoisotopic (exact) mass is 324 g/mol. The zero-order chi connectivity index (χ0) is 17.1. The van der Waals surface area contributed by atoms with Gasteiger partial charge in [-0.2, -0.15) is 0 Å². The molecule has 9 heteroatoms. The van der Waals surface area contributed by atoms with Crippen LogP contribution in [-0.4, -0.2) is 30.3 Å². The van der Waals surface area contributed by atoms with Crippen LogP contribution in [0.3, 0.4) is 0 Å². The van der Waals surface area contributed by atoms with E-state index in [9.17, 15) is 14.9 Å². The molecule has 1 N–H and O–H groups in total. The van der Waals surface area contributed by atoms with E-state index in [1.54, 1.807) is 23.0 Å². The summed E-state index contributed by atoms with van der Waals surface area (Å²) in [5.41, 5.74) is 0.0401. The molecule has 0 saturated carbocycles. The van der Waals surface area contributed by atoms with Gasteiger partial charge in [0.15, 0.2) is 0 Å². The lowest BCUT2D eigenvalue weighted by Gasteiger charge is -2.07. The van der Waals surface area contributed by atoms with Crippen molar-refractivity contribution >= 4 is 17.3 Å². The number of nitro groups is 1. The van der Waals surface area contributed by atoms with Crippen LogP contribution < -0.4 is 5.32 Å². The Morgan fingerprint density at radius 1 is 1.21 bits per heavy atom. The van der Waals surface area contributed by atoms with Gasteiger partial charge in [-0.15, -0.1) is 0 Å². The van der Waals surface area contributed by atoms with Gasteiger partial charge in [0.25, 0.3) is 11.6 Å². The molecule has 0 spiro atoms. The van der Waals surface area contributed by atoms with Crippen LogP contribution in [0.4, 0.5) is 11.4 Å². The van der Waals surface area contributed by atoms with Gasteiger partial charge in [0.2, 0.25) is 5.95 Å². The van der Waals surface area contributed by atoms with Crippen molar-refractivity contribution in [3.05, 3.63) is 70.6 Å². The first kappa shape index (κ1) is 15.3. The van der Waals surface area contributed by atoms with E-state index in [1.807, 2.05) is 6.92 Å². The van der Waals surface area contributed by atoms with Gasteiger partial charge >= 0.3 is 0 Å². The molecule has 3 rings (SSSR count). The van der Waals surface area contributed by atoms with Crippen molar-refractivity contribution in [3.8, 4) is 5.95 Å². The fraction of sp³-hybridized carbons (Fsp3) is 0.0667. The number of aromatic nitrogens is 4. The summed E-state index contributed by atoms with van der Waals surface area (Å²) in [6.45, 7) is 1.81. The van der Waals surface area contributed by atoms with Crippen LogP contribution in [0, 0.1) is 17.0 Å². The molecular formula is C15H12N6O3. The second kappa shape index (κ2) is 6.24. The molecule has 0 aliphatic rings. The largest absolute Gasteiger partial charge is 0.319 e. The summed E-state index contributed by atoms with van der Waals surface area (Å²) in [5.74, 6) is 0.540. The molecule has 1 aromatic carbocycles. The maximum atomic E-state index is 12.2. The number of carbonyl (C=O) groups is 1. The van der Waals surface area contributed by atoms with Crippen molar-refractivity contribution < 1.29 is 9.72 Å². The third-order valence-corrected chi connectivity index (χ3v) is 3.28. The number of para-hydroxylation sites is 1. The van der Waals surface area contributed by atoms with Crippen molar-refractivity contribution in [1.29, 1.82) is 0 Å². The molecule has 0 radical (unpaired) electrons. The molecule has 0 aliphatic carbocycles. The van der Waals surface area contributed by atoms with E-state index in [4.69, 9.17) is 0 Å². The number of aryl methyl sites for hydroxylation is 1. The number of rotatable bonds is 4. The van der Waals surface area contributed by atoms with Crippen LogP contribution in [0.5, 0.6) is 0 Å². The molecule has 0 fully saturated rings. The third-order valence-electron chi connectivity index (χ3n) is 3.28. The fourth-order valence-corrected chi connectivity index (χ4v) is 2.12. The summed E-state index contributed by atoms with van der Waals surface area (Å²) in [6, 6.07) is 5.72. The predicted octanol–water partition coefficient (Wildman–Crippen LogP) is 2.13. The van der Waals surface area contributed by atoms with Gasteiger partial charge in [0, 0.05) is 18.5 Å². The normalized spacial score (nSPS) is 10.4.